The highest BCUT2D eigenvalue weighted by Crippen LogP contribution is 2.21. The first-order valence-electron chi connectivity index (χ1n) is 10.4. The maximum Gasteiger partial charge on any atom is 0.338 e. The Balaban J connectivity index is 1.66. The van der Waals surface area contributed by atoms with Crippen LogP contribution in [0.4, 0.5) is 0 Å². The van der Waals surface area contributed by atoms with Gasteiger partial charge < -0.3 is 4.74 Å². The zero-order valence-electron chi connectivity index (χ0n) is 17.6. The van der Waals surface area contributed by atoms with Crippen molar-refractivity contribution in [2.45, 2.75) is 20.4 Å². The summed E-state index contributed by atoms with van der Waals surface area (Å²) < 4.78 is 6.61. The van der Waals surface area contributed by atoms with Crippen molar-refractivity contribution in [1.82, 2.24) is 9.55 Å². The number of fused-ring (bicyclic) bond motifs is 1. The summed E-state index contributed by atoms with van der Waals surface area (Å²) in [5, 5.41) is 0.401. The van der Waals surface area contributed by atoms with Crippen LogP contribution < -0.4 is 5.56 Å². The molecular weight excluding hydrogens is 388 g/mol. The lowest BCUT2D eigenvalue weighted by Gasteiger charge is -2.10. The van der Waals surface area contributed by atoms with E-state index >= 15 is 0 Å². The van der Waals surface area contributed by atoms with Crippen molar-refractivity contribution in [3.63, 3.8) is 0 Å². The summed E-state index contributed by atoms with van der Waals surface area (Å²) >= 11 is 0. The van der Waals surface area contributed by atoms with Gasteiger partial charge in [0.05, 0.1) is 35.9 Å². The van der Waals surface area contributed by atoms with Crippen molar-refractivity contribution in [2.75, 3.05) is 6.61 Å². The van der Waals surface area contributed by atoms with Gasteiger partial charge in [0.25, 0.3) is 5.56 Å². The van der Waals surface area contributed by atoms with Gasteiger partial charge in [-0.25, -0.2) is 9.78 Å². The third-order valence-corrected chi connectivity index (χ3v) is 5.22. The molecule has 2 aromatic carbocycles. The number of carbonyl (C=O) groups excluding carboxylic acids is 1. The van der Waals surface area contributed by atoms with E-state index in [1.54, 1.807) is 36.0 Å². The van der Waals surface area contributed by atoms with Gasteiger partial charge in [0.15, 0.2) is 0 Å². The van der Waals surface area contributed by atoms with E-state index in [2.05, 4.69) is 54.4 Å². The number of aromatic nitrogens is 2. The summed E-state index contributed by atoms with van der Waals surface area (Å²) in [5.41, 5.74) is 3.94. The van der Waals surface area contributed by atoms with E-state index in [-0.39, 0.29) is 12.2 Å². The van der Waals surface area contributed by atoms with Crippen LogP contribution in [0.2, 0.25) is 0 Å². The number of hydrogen-bond donors (Lipinski definition) is 0. The van der Waals surface area contributed by atoms with E-state index in [9.17, 15) is 9.59 Å². The molecule has 5 heteroatoms. The fourth-order valence-electron chi connectivity index (χ4n) is 3.56. The third-order valence-electron chi connectivity index (χ3n) is 5.22. The van der Waals surface area contributed by atoms with E-state index in [0.717, 1.165) is 16.7 Å². The van der Waals surface area contributed by atoms with Gasteiger partial charge >= 0.3 is 5.97 Å². The van der Waals surface area contributed by atoms with E-state index in [1.807, 2.05) is 12.1 Å². The van der Waals surface area contributed by atoms with Crippen molar-refractivity contribution >= 4 is 22.4 Å². The van der Waals surface area contributed by atoms with Crippen LogP contribution in [0.15, 0.2) is 84.0 Å². The molecule has 0 fully saturated rings. The molecule has 0 aliphatic heterocycles. The Bertz CT molecular complexity index is 1280. The molecule has 0 saturated heterocycles. The molecular formula is C26H24N2O3. The van der Waals surface area contributed by atoms with Crippen molar-refractivity contribution in [2.24, 2.45) is 5.92 Å². The Morgan fingerprint density at radius 3 is 2.87 bits per heavy atom. The van der Waals surface area contributed by atoms with Crippen molar-refractivity contribution in [3.8, 4) is 0 Å². The van der Waals surface area contributed by atoms with Crippen LogP contribution in [0, 0.1) is 5.92 Å². The van der Waals surface area contributed by atoms with Crippen molar-refractivity contribution in [3.05, 3.63) is 106 Å². The molecule has 1 aliphatic carbocycles. The quantitative estimate of drug-likeness (QED) is 0.567. The van der Waals surface area contributed by atoms with Crippen LogP contribution >= 0.6 is 0 Å². The minimum Gasteiger partial charge on any atom is -0.462 e. The van der Waals surface area contributed by atoms with Gasteiger partial charge in [0.2, 0.25) is 0 Å². The Labute approximate surface area is 181 Å². The first kappa shape index (κ1) is 20.5. The average Bonchev–Trinajstić information content (AvgIpc) is 3.00. The second kappa shape index (κ2) is 8.96. The van der Waals surface area contributed by atoms with Crippen LogP contribution in [0.3, 0.4) is 0 Å². The molecule has 156 valence electrons. The maximum absolute atomic E-state index is 13.1. The summed E-state index contributed by atoms with van der Waals surface area (Å²) in [7, 11) is 0. The molecule has 0 bridgehead atoms. The smallest absolute Gasteiger partial charge is 0.338 e. The van der Waals surface area contributed by atoms with Gasteiger partial charge in [-0.3, -0.25) is 9.36 Å². The van der Waals surface area contributed by atoms with Crippen molar-refractivity contribution in [1.29, 1.82) is 0 Å². The van der Waals surface area contributed by atoms with Gasteiger partial charge in [-0.2, -0.15) is 0 Å². The van der Waals surface area contributed by atoms with Gasteiger partial charge in [-0.05, 0) is 53.8 Å². The largest absolute Gasteiger partial charge is 0.462 e. The molecule has 0 radical (unpaired) electrons. The van der Waals surface area contributed by atoms with Gasteiger partial charge in [-0.15, -0.1) is 0 Å². The summed E-state index contributed by atoms with van der Waals surface area (Å²) in [6.07, 6.45) is 12.2. The molecule has 31 heavy (non-hydrogen) atoms. The Morgan fingerprint density at radius 1 is 1.16 bits per heavy atom. The SMILES string of the molecule is CCOC(=O)c1ccc2ncn(Cc3cccc(C4=CC=CC(C)C=C4)c3)c(=O)c2c1. The maximum atomic E-state index is 13.1. The van der Waals surface area contributed by atoms with E-state index in [4.69, 9.17) is 4.74 Å². The fraction of sp³-hybridized carbons (Fsp3) is 0.192. The number of ether oxygens (including phenoxy) is 1. The predicted molar refractivity (Wildman–Crippen MR) is 123 cm³/mol. The van der Waals surface area contributed by atoms with Crippen molar-refractivity contribution < 1.29 is 9.53 Å². The van der Waals surface area contributed by atoms with Crippen LogP contribution in [0.5, 0.6) is 0 Å². The monoisotopic (exact) mass is 412 g/mol. The minimum atomic E-state index is -0.444. The number of hydrogen-bond acceptors (Lipinski definition) is 4. The first-order chi connectivity index (χ1) is 15.0. The topological polar surface area (TPSA) is 61.2 Å². The zero-order chi connectivity index (χ0) is 21.8. The molecule has 5 nitrogen and oxygen atoms in total. The molecule has 1 heterocycles. The molecule has 0 amide bonds. The lowest BCUT2D eigenvalue weighted by Crippen LogP contribution is -2.21. The molecule has 0 N–H and O–H groups in total. The second-order valence-electron chi connectivity index (χ2n) is 7.56. The Hall–Kier alpha value is -3.73. The lowest BCUT2D eigenvalue weighted by molar-refractivity contribution is 0.0526. The zero-order valence-corrected chi connectivity index (χ0v) is 17.6. The molecule has 3 aromatic rings. The number of nitrogens with zero attached hydrogens (tertiary/aromatic N) is 2. The van der Waals surface area contributed by atoms with Crippen LogP contribution in [-0.2, 0) is 11.3 Å². The van der Waals surface area contributed by atoms with Crippen LogP contribution in [-0.4, -0.2) is 22.1 Å². The molecule has 1 aromatic heterocycles. The molecule has 1 unspecified atom stereocenters. The highest BCUT2D eigenvalue weighted by molar-refractivity contribution is 5.94. The summed E-state index contributed by atoms with van der Waals surface area (Å²) in [5.74, 6) is -0.0429. The highest BCUT2D eigenvalue weighted by atomic mass is 16.5. The third kappa shape index (κ3) is 4.56. The standard InChI is InChI=1S/C26H24N2O3/c1-3-31-26(30)22-12-13-24-23(15-22)25(29)28(17-27-24)16-19-7-5-9-21(14-19)20-8-4-6-18(2)10-11-20/h4-15,17-18H,3,16H2,1-2H3. The fourth-order valence-corrected chi connectivity index (χ4v) is 3.56. The second-order valence-corrected chi connectivity index (χ2v) is 7.56. The molecule has 0 saturated carbocycles. The molecule has 1 atom stereocenters. The van der Waals surface area contributed by atoms with Crippen LogP contribution in [0.25, 0.3) is 16.5 Å². The van der Waals surface area contributed by atoms with Gasteiger partial charge in [0, 0.05) is 0 Å². The summed E-state index contributed by atoms with van der Waals surface area (Å²) in [6, 6.07) is 13.0. The molecule has 1 aliphatic rings. The Morgan fingerprint density at radius 2 is 2.03 bits per heavy atom. The van der Waals surface area contributed by atoms with Gasteiger partial charge in [-0.1, -0.05) is 55.5 Å². The van der Waals surface area contributed by atoms with E-state index in [1.165, 1.54) is 0 Å². The normalized spacial score (nSPS) is 15.5. The number of carbonyl (C=O) groups is 1. The number of benzene rings is 2. The lowest BCUT2D eigenvalue weighted by atomic mass is 10.0. The predicted octanol–water partition coefficient (Wildman–Crippen LogP) is 4.77. The number of allylic oxidation sites excluding steroid dienone is 6. The molecule has 0 spiro atoms. The average molecular weight is 412 g/mol. The van der Waals surface area contributed by atoms with Gasteiger partial charge in [0.1, 0.15) is 0 Å². The summed E-state index contributed by atoms with van der Waals surface area (Å²) in [4.78, 5) is 29.5. The van der Waals surface area contributed by atoms with Crippen LogP contribution in [0.1, 0.15) is 35.3 Å². The highest BCUT2D eigenvalue weighted by Gasteiger charge is 2.11. The van der Waals surface area contributed by atoms with E-state index in [0.29, 0.717) is 28.9 Å². The Kier molecular flexibility index (Phi) is 5.94. The molecule has 4 rings (SSSR count). The minimum absolute atomic E-state index is 0.188. The first-order valence-corrected chi connectivity index (χ1v) is 10.4. The summed E-state index contributed by atoms with van der Waals surface area (Å²) in [6.45, 7) is 4.57. The number of rotatable bonds is 5. The van der Waals surface area contributed by atoms with E-state index < -0.39 is 5.97 Å². The number of esters is 1.